The van der Waals surface area contributed by atoms with Crippen molar-refractivity contribution in [2.75, 3.05) is 9.80 Å². The lowest BCUT2D eigenvalue weighted by Crippen LogP contribution is -2.30. The van der Waals surface area contributed by atoms with E-state index in [1.54, 1.807) is 0 Å². The summed E-state index contributed by atoms with van der Waals surface area (Å²) in [6.45, 7) is 13.4. The fraction of sp³-hybridized carbons (Fsp3) is 0.0976. The van der Waals surface area contributed by atoms with Gasteiger partial charge >= 0.3 is 0 Å². The molecule has 10 aromatic carbocycles. The number of rotatable bonds is 10. The Hall–Kier alpha value is -11.6. The lowest BCUT2D eigenvalue weighted by molar-refractivity contribution is 0.484. The van der Waals surface area contributed by atoms with Gasteiger partial charge in [-0.2, -0.15) is 0 Å². The lowest BCUT2D eigenvalue weighted by atomic mass is 9.73. The molecule has 10 nitrogen and oxygen atoms in total. The molecule has 442 valence electrons. The molecule has 2 aliphatic heterocycles. The number of pyridine rings is 2. The second kappa shape index (κ2) is 21.0. The van der Waals surface area contributed by atoms with Gasteiger partial charge in [-0.05, 0) is 156 Å². The van der Waals surface area contributed by atoms with Gasteiger partial charge in [0.15, 0.2) is 11.5 Å². The minimum Gasteiger partial charge on any atom is -0.455 e. The molecule has 0 aliphatic carbocycles. The van der Waals surface area contributed by atoms with Crippen molar-refractivity contribution in [2.24, 2.45) is 0 Å². The van der Waals surface area contributed by atoms with E-state index in [4.69, 9.17) is 29.4 Å². The second-order valence-corrected chi connectivity index (χ2v) is 25.3. The fourth-order valence-corrected chi connectivity index (χ4v) is 14.4. The number of hydrogen-bond donors (Lipinski definition) is 0. The number of ether oxygens (including phenoxy) is 2. The molecule has 0 saturated carbocycles. The summed E-state index contributed by atoms with van der Waals surface area (Å²) in [5, 5.41) is 4.50. The van der Waals surface area contributed by atoms with Gasteiger partial charge < -0.3 is 19.3 Å². The summed E-state index contributed by atoms with van der Waals surface area (Å²) in [6, 6.07) is 85.7. The maximum atomic E-state index is 7.32. The smallest absolute Gasteiger partial charge is 0.152 e. The standard InChI is InChI=1S/C82H62N8O2/c1-51-39-41-83-79(43-51)89-67-25-13-7-19-57(67)59-35-33-55(47-75(59)89)91-77-45-53(31-37-73(77)87-69-27-15-9-21-61(69)81(3,4)62-22-10-16-28-70(62)87)65-49-86-66(50-85-65)54-32-38-74(88-71-29-17-11-23-63(71)82(5,6)64-24-12-18-30-72(64)88)78(46-54)92-56-34-36-60-58-20-8-14-26-68(58)90(76(60)48-56)80-44-52(2)40-42-84-80/h7-50H,1-6H3. The molecule has 92 heavy (non-hydrogen) atoms. The summed E-state index contributed by atoms with van der Waals surface area (Å²) in [7, 11) is 0. The van der Waals surface area contributed by atoms with Gasteiger partial charge in [0.25, 0.3) is 0 Å². The maximum Gasteiger partial charge on any atom is 0.152 e. The van der Waals surface area contributed by atoms with Gasteiger partial charge in [0.2, 0.25) is 0 Å². The van der Waals surface area contributed by atoms with Crippen LogP contribution >= 0.6 is 0 Å². The quantitative estimate of drug-likeness (QED) is 0.134. The Labute approximate surface area is 533 Å². The Morgan fingerprint density at radius 1 is 0.315 bits per heavy atom. The predicted octanol–water partition coefficient (Wildman–Crippen LogP) is 21.2. The molecule has 0 bridgehead atoms. The van der Waals surface area contributed by atoms with Crippen molar-refractivity contribution >= 4 is 77.7 Å². The van der Waals surface area contributed by atoms with E-state index >= 15 is 0 Å². The molecule has 0 atom stereocenters. The number of fused-ring (bicyclic) bond motifs is 10. The predicted molar refractivity (Wildman–Crippen MR) is 373 cm³/mol. The highest BCUT2D eigenvalue weighted by molar-refractivity contribution is 6.11. The highest BCUT2D eigenvalue weighted by Gasteiger charge is 2.39. The molecular formula is C82H62N8O2. The first-order valence-corrected chi connectivity index (χ1v) is 31.3. The summed E-state index contributed by atoms with van der Waals surface area (Å²) in [4.78, 5) is 24.9. The summed E-state index contributed by atoms with van der Waals surface area (Å²) < 4.78 is 19.1. The van der Waals surface area contributed by atoms with Crippen LogP contribution in [0, 0.1) is 13.8 Å². The molecule has 10 heteroatoms. The van der Waals surface area contributed by atoms with E-state index < -0.39 is 0 Å². The Bertz CT molecular complexity index is 5050. The van der Waals surface area contributed by atoms with Gasteiger partial charge in [-0.3, -0.25) is 19.1 Å². The molecule has 0 amide bonds. The van der Waals surface area contributed by atoms with Crippen molar-refractivity contribution < 1.29 is 9.47 Å². The summed E-state index contributed by atoms with van der Waals surface area (Å²) >= 11 is 0. The third-order valence-corrected chi connectivity index (χ3v) is 18.9. The zero-order valence-corrected chi connectivity index (χ0v) is 51.8. The maximum absolute atomic E-state index is 7.32. The number of para-hydroxylation sites is 6. The minimum absolute atomic E-state index is 0.254. The topological polar surface area (TPSA) is 86.4 Å². The molecule has 15 aromatic rings. The van der Waals surface area contributed by atoms with Crippen molar-refractivity contribution in [2.45, 2.75) is 52.4 Å². The first-order chi connectivity index (χ1) is 44.9. The largest absolute Gasteiger partial charge is 0.455 e. The minimum atomic E-state index is -0.254. The number of aromatic nitrogens is 6. The average molecular weight is 1190 g/mol. The Morgan fingerprint density at radius 2 is 0.674 bits per heavy atom. The fourth-order valence-electron chi connectivity index (χ4n) is 14.4. The van der Waals surface area contributed by atoms with E-state index in [0.29, 0.717) is 34.4 Å². The molecule has 2 aliphatic rings. The van der Waals surface area contributed by atoms with Crippen molar-refractivity contribution in [1.29, 1.82) is 0 Å². The number of nitrogens with zero attached hydrogens (tertiary/aromatic N) is 8. The highest BCUT2D eigenvalue weighted by atomic mass is 16.5. The number of aryl methyl sites for hydroxylation is 2. The molecular weight excluding hydrogens is 1130 g/mol. The van der Waals surface area contributed by atoms with Crippen molar-refractivity contribution in [3.8, 4) is 57.1 Å². The Kier molecular flexibility index (Phi) is 12.4. The number of hydrogen-bond acceptors (Lipinski definition) is 8. The van der Waals surface area contributed by atoms with Crippen LogP contribution in [0.1, 0.15) is 61.1 Å². The van der Waals surface area contributed by atoms with Gasteiger partial charge in [-0.15, -0.1) is 0 Å². The highest BCUT2D eigenvalue weighted by Crippen LogP contribution is 2.56. The Balaban J connectivity index is 0.795. The molecule has 0 unspecified atom stereocenters. The molecule has 0 spiro atoms. The summed E-state index contributed by atoms with van der Waals surface area (Å²) in [6.07, 6.45) is 7.47. The monoisotopic (exact) mass is 1190 g/mol. The van der Waals surface area contributed by atoms with Crippen LogP contribution in [0.15, 0.2) is 267 Å². The van der Waals surface area contributed by atoms with Gasteiger partial charge in [-0.1, -0.05) is 149 Å². The summed E-state index contributed by atoms with van der Waals surface area (Å²) in [5.74, 6) is 4.37. The lowest BCUT2D eigenvalue weighted by Gasteiger charge is -2.42. The third-order valence-electron chi connectivity index (χ3n) is 18.9. The molecule has 0 fully saturated rings. The van der Waals surface area contributed by atoms with Crippen LogP contribution < -0.4 is 19.3 Å². The van der Waals surface area contributed by atoms with Gasteiger partial charge in [0.1, 0.15) is 23.1 Å². The van der Waals surface area contributed by atoms with Crippen LogP contribution in [-0.2, 0) is 10.8 Å². The zero-order valence-electron chi connectivity index (χ0n) is 51.8. The van der Waals surface area contributed by atoms with Crippen LogP contribution in [0.3, 0.4) is 0 Å². The van der Waals surface area contributed by atoms with E-state index in [1.165, 1.54) is 22.3 Å². The molecule has 5 aromatic heterocycles. The molecule has 0 saturated heterocycles. The normalized spacial score (nSPS) is 13.7. The van der Waals surface area contributed by atoms with E-state index in [0.717, 1.165) is 112 Å². The van der Waals surface area contributed by atoms with Crippen molar-refractivity contribution in [1.82, 2.24) is 29.1 Å². The van der Waals surface area contributed by atoms with Crippen LogP contribution in [0.2, 0.25) is 0 Å². The first kappa shape index (κ1) is 54.5. The van der Waals surface area contributed by atoms with E-state index in [2.05, 4.69) is 291 Å². The SMILES string of the molecule is Cc1ccnc(-n2c3ccccc3c3ccc(Oc4cc(-c5cnc(-c6ccc(N7c8ccccc8C(C)(C)c8ccccc87)c(Oc7ccc8c9ccccc9n(-c9cc(C)ccn9)c8c7)c6)cn5)ccc4N4c5ccccc5C(C)(C)c5ccccc54)cc32)c1. The van der Waals surface area contributed by atoms with Crippen LogP contribution in [-0.4, -0.2) is 29.1 Å². The Morgan fingerprint density at radius 3 is 1.05 bits per heavy atom. The zero-order chi connectivity index (χ0) is 62.0. The molecule has 0 radical (unpaired) electrons. The molecule has 17 rings (SSSR count). The van der Waals surface area contributed by atoms with E-state index in [9.17, 15) is 0 Å². The van der Waals surface area contributed by atoms with Gasteiger partial charge in [0.05, 0.1) is 80.0 Å². The van der Waals surface area contributed by atoms with Crippen molar-refractivity contribution in [3.05, 3.63) is 301 Å². The van der Waals surface area contributed by atoms with Crippen molar-refractivity contribution in [3.63, 3.8) is 0 Å². The number of anilines is 6. The van der Waals surface area contributed by atoms with Crippen LogP contribution in [0.4, 0.5) is 34.1 Å². The summed E-state index contributed by atoms with van der Waals surface area (Å²) in [5.41, 5.74) is 20.0. The number of benzene rings is 10. The van der Waals surface area contributed by atoms with E-state index in [-0.39, 0.29) is 10.8 Å². The first-order valence-electron chi connectivity index (χ1n) is 31.3. The van der Waals surface area contributed by atoms with Crippen LogP contribution in [0.25, 0.3) is 77.8 Å². The second-order valence-electron chi connectivity index (χ2n) is 25.3. The van der Waals surface area contributed by atoms with E-state index in [1.807, 2.05) is 36.9 Å². The van der Waals surface area contributed by atoms with Crippen LogP contribution in [0.5, 0.6) is 23.0 Å². The third kappa shape index (κ3) is 8.69. The molecule has 7 heterocycles. The molecule has 0 N–H and O–H groups in total. The van der Waals surface area contributed by atoms with Gasteiger partial charge in [0, 0.05) is 68.0 Å². The van der Waals surface area contributed by atoms with Gasteiger partial charge in [-0.25, -0.2) is 9.97 Å². The average Bonchev–Trinajstić information content (AvgIpc) is 1.25.